The van der Waals surface area contributed by atoms with Crippen LogP contribution in [0.2, 0.25) is 0 Å². The van der Waals surface area contributed by atoms with Crippen LogP contribution in [0.4, 0.5) is 0 Å². The minimum atomic E-state index is -0.133. The lowest BCUT2D eigenvalue weighted by atomic mass is 9.79. The Morgan fingerprint density at radius 2 is 0.689 bits per heavy atom. The van der Waals surface area contributed by atoms with E-state index < -0.39 is 0 Å². The molecule has 6 heterocycles. The lowest BCUT2D eigenvalue weighted by molar-refractivity contribution is 0.571. The van der Waals surface area contributed by atoms with Gasteiger partial charge in [0.05, 0.1) is 33.1 Å². The van der Waals surface area contributed by atoms with Crippen molar-refractivity contribution in [2.24, 2.45) is 0 Å². The second-order valence-electron chi connectivity index (χ2n) is 25.7. The van der Waals surface area contributed by atoms with E-state index in [4.69, 9.17) is 0 Å². The van der Waals surface area contributed by atoms with Crippen LogP contribution >= 0.6 is 22.7 Å². The zero-order chi connectivity index (χ0) is 50.9. The van der Waals surface area contributed by atoms with E-state index in [1.54, 1.807) is 0 Å². The molecule has 0 aliphatic carbocycles. The molecule has 0 fully saturated rings. The molecule has 4 heteroatoms. The Morgan fingerprint density at radius 3 is 1.08 bits per heavy atom. The minimum absolute atomic E-state index is 0.0612. The van der Waals surface area contributed by atoms with Crippen molar-refractivity contribution in [2.45, 2.75) is 105 Å². The van der Waals surface area contributed by atoms with Crippen LogP contribution in [-0.4, -0.2) is 8.80 Å². The van der Waals surface area contributed by atoms with E-state index in [1.807, 2.05) is 22.7 Å². The zero-order valence-electron chi connectivity index (χ0n) is 44.6. The molecule has 74 heavy (non-hydrogen) atoms. The van der Waals surface area contributed by atoms with Crippen molar-refractivity contribution in [3.8, 4) is 22.3 Å². The van der Waals surface area contributed by atoms with Gasteiger partial charge in [-0.15, -0.1) is 22.7 Å². The molecule has 0 saturated heterocycles. The van der Waals surface area contributed by atoms with Crippen molar-refractivity contribution in [1.29, 1.82) is 0 Å². The molecule has 9 aromatic carbocycles. The maximum atomic E-state index is 2.73. The maximum absolute atomic E-state index is 2.73. The standard InChI is InChI=1S/C70H60N2S2/c1-67(2,3)39-33-49-59-57-47-31-37(41-21-17-23-45-43-19-13-15-25-55(43)73-65(41)45)28-30-54(47)72-62-50(34-40(68(4,5)6)36-52(62)70(10,11)12)60(64(57)72)58-48-32-38(42-22-18-24-46-44-20-14-16-26-56(44)74-66(42)46)27-29-53(48)71(63(58)59)61(49)51(35-39)69(7,8)9/h13-36H,1-12H3. The van der Waals surface area contributed by atoms with Crippen molar-refractivity contribution in [3.63, 3.8) is 0 Å². The van der Waals surface area contributed by atoms with Gasteiger partial charge in [0.1, 0.15) is 0 Å². The van der Waals surface area contributed by atoms with E-state index in [0.717, 1.165) is 0 Å². The highest BCUT2D eigenvalue weighted by Gasteiger charge is 2.35. The van der Waals surface area contributed by atoms with Gasteiger partial charge in [-0.05, 0) is 115 Å². The van der Waals surface area contributed by atoms with Crippen LogP contribution in [0.25, 0.3) is 139 Å². The monoisotopic (exact) mass is 992 g/mol. The number of nitrogens with zero attached hydrogens (tertiary/aromatic N) is 2. The molecule has 0 aliphatic heterocycles. The van der Waals surface area contributed by atoms with Crippen molar-refractivity contribution in [2.75, 3.05) is 0 Å². The molecule has 362 valence electrons. The molecular formula is C70H60N2S2. The second kappa shape index (κ2) is 14.4. The normalized spacial score (nSPS) is 13.7. The van der Waals surface area contributed by atoms with Crippen LogP contribution in [0.3, 0.4) is 0 Å². The summed E-state index contributed by atoms with van der Waals surface area (Å²) in [6.07, 6.45) is 0. The Morgan fingerprint density at radius 1 is 0.311 bits per heavy atom. The third-order valence-corrected chi connectivity index (χ3v) is 19.3. The number of thiophene rings is 2. The van der Waals surface area contributed by atoms with Crippen LogP contribution in [0, 0.1) is 0 Å². The fourth-order valence-corrected chi connectivity index (χ4v) is 15.7. The fraction of sp³-hybridized carbons (Fsp3) is 0.229. The molecule has 0 unspecified atom stereocenters. The first-order valence-electron chi connectivity index (χ1n) is 26.6. The third kappa shape index (κ3) is 5.87. The number of hydrogen-bond acceptors (Lipinski definition) is 2. The van der Waals surface area contributed by atoms with Crippen LogP contribution in [0.5, 0.6) is 0 Å². The van der Waals surface area contributed by atoms with E-state index in [0.29, 0.717) is 0 Å². The Labute approximate surface area is 440 Å². The Bertz CT molecular complexity index is 4600. The second-order valence-corrected chi connectivity index (χ2v) is 27.8. The first kappa shape index (κ1) is 44.5. The highest BCUT2D eigenvalue weighted by molar-refractivity contribution is 7.26. The van der Waals surface area contributed by atoms with Crippen molar-refractivity contribution < 1.29 is 0 Å². The van der Waals surface area contributed by atoms with Crippen molar-refractivity contribution in [1.82, 2.24) is 8.80 Å². The number of hydrogen-bond donors (Lipinski definition) is 0. The average Bonchev–Trinajstić information content (AvgIpc) is 4.23. The lowest BCUT2D eigenvalue weighted by Gasteiger charge is -2.26. The molecule has 0 spiro atoms. The molecule has 0 N–H and O–H groups in total. The van der Waals surface area contributed by atoms with Gasteiger partial charge in [-0.2, -0.15) is 0 Å². The predicted molar refractivity (Wildman–Crippen MR) is 327 cm³/mol. The topological polar surface area (TPSA) is 8.82 Å². The summed E-state index contributed by atoms with van der Waals surface area (Å²) < 4.78 is 10.8. The van der Waals surface area contributed by atoms with Crippen LogP contribution in [-0.2, 0) is 21.7 Å². The number of fused-ring (bicyclic) bond motifs is 20. The summed E-state index contributed by atoms with van der Waals surface area (Å²) in [6.45, 7) is 28.8. The van der Waals surface area contributed by atoms with Crippen LogP contribution in [0.15, 0.2) is 146 Å². The molecule has 15 aromatic rings. The smallest absolute Gasteiger partial charge is 0.0634 e. The molecule has 2 nitrogen and oxygen atoms in total. The lowest BCUT2D eigenvalue weighted by Crippen LogP contribution is -2.17. The van der Waals surface area contributed by atoms with Gasteiger partial charge in [-0.1, -0.05) is 180 Å². The molecule has 0 bridgehead atoms. The SMILES string of the molecule is CC(C)(C)c1cc(C(C)(C)C)c2c(c1)c1c3c4cc(-c5cccc6c5sc5ccccc56)ccc4n4c5c(C(C)(C)C)cc(C(C)(C)C)cc5c(c5c6cc(-c7cccc8c7sc7ccccc78)ccc6n2c51)c34. The van der Waals surface area contributed by atoms with Gasteiger partial charge in [0.25, 0.3) is 0 Å². The van der Waals surface area contributed by atoms with Gasteiger partial charge in [-0.3, -0.25) is 0 Å². The van der Waals surface area contributed by atoms with Gasteiger partial charge in [0.15, 0.2) is 0 Å². The maximum Gasteiger partial charge on any atom is 0.0634 e. The largest absolute Gasteiger partial charge is 0.308 e. The van der Waals surface area contributed by atoms with E-state index in [2.05, 4.69) is 237 Å². The summed E-state index contributed by atoms with van der Waals surface area (Å²) in [5, 5.41) is 16.2. The van der Waals surface area contributed by atoms with E-state index in [9.17, 15) is 0 Å². The van der Waals surface area contributed by atoms with Gasteiger partial charge in [0.2, 0.25) is 0 Å². The third-order valence-electron chi connectivity index (χ3n) is 16.9. The molecule has 0 radical (unpaired) electrons. The summed E-state index contributed by atoms with van der Waals surface area (Å²) >= 11 is 3.84. The average molecular weight is 993 g/mol. The molecule has 0 saturated carbocycles. The van der Waals surface area contributed by atoms with Gasteiger partial charge < -0.3 is 8.80 Å². The fourth-order valence-electron chi connectivity index (χ4n) is 13.2. The molecule has 0 aliphatic rings. The highest BCUT2D eigenvalue weighted by Crippen LogP contribution is 2.56. The molecular weight excluding hydrogens is 933 g/mol. The number of aromatic nitrogens is 2. The van der Waals surface area contributed by atoms with Gasteiger partial charge in [-0.25, -0.2) is 0 Å². The number of benzene rings is 9. The Balaban J connectivity index is 1.20. The summed E-state index contributed by atoms with van der Waals surface area (Å²) in [6, 6.07) is 56.8. The van der Waals surface area contributed by atoms with Crippen LogP contribution in [0.1, 0.15) is 105 Å². The molecule has 15 rings (SSSR count). The van der Waals surface area contributed by atoms with E-state index in [-0.39, 0.29) is 21.7 Å². The van der Waals surface area contributed by atoms with E-state index in [1.165, 1.54) is 161 Å². The van der Waals surface area contributed by atoms with Crippen molar-refractivity contribution in [3.05, 3.63) is 168 Å². The summed E-state index contributed by atoms with van der Waals surface area (Å²) in [5.74, 6) is 0. The summed E-state index contributed by atoms with van der Waals surface area (Å²) in [5.41, 5.74) is 18.2. The summed E-state index contributed by atoms with van der Waals surface area (Å²) in [7, 11) is 0. The summed E-state index contributed by atoms with van der Waals surface area (Å²) in [4.78, 5) is 0. The van der Waals surface area contributed by atoms with E-state index >= 15 is 0 Å². The Kier molecular flexibility index (Phi) is 8.68. The van der Waals surface area contributed by atoms with Gasteiger partial charge in [0, 0.05) is 83.4 Å². The first-order valence-corrected chi connectivity index (χ1v) is 28.2. The van der Waals surface area contributed by atoms with Gasteiger partial charge >= 0.3 is 0 Å². The minimum Gasteiger partial charge on any atom is -0.308 e. The quantitative estimate of drug-likeness (QED) is 0.163. The van der Waals surface area contributed by atoms with Crippen LogP contribution < -0.4 is 0 Å². The predicted octanol–water partition coefficient (Wildman–Crippen LogP) is 21.2. The number of rotatable bonds is 2. The van der Waals surface area contributed by atoms with Crippen molar-refractivity contribution >= 4 is 139 Å². The molecule has 0 atom stereocenters. The zero-order valence-corrected chi connectivity index (χ0v) is 46.2. The highest BCUT2D eigenvalue weighted by atomic mass is 32.1. The Hall–Kier alpha value is -6.98. The molecule has 0 amide bonds. The first-order chi connectivity index (χ1) is 35.3. The molecule has 6 aromatic heterocycles.